The zero-order valence-electron chi connectivity index (χ0n) is 20.4. The van der Waals surface area contributed by atoms with Gasteiger partial charge >= 0.3 is 0 Å². The Kier molecular flexibility index (Phi) is 6.71. The number of amidine groups is 1. The second-order valence-electron chi connectivity index (χ2n) is 9.24. The van der Waals surface area contributed by atoms with Crippen molar-refractivity contribution in [3.63, 3.8) is 0 Å². The summed E-state index contributed by atoms with van der Waals surface area (Å²) in [5.74, 6) is 0.813. The molecule has 5 N–H and O–H groups in total. The van der Waals surface area contributed by atoms with Crippen molar-refractivity contribution in [2.75, 3.05) is 37.6 Å². The van der Waals surface area contributed by atoms with Crippen LogP contribution in [0.2, 0.25) is 0 Å². The van der Waals surface area contributed by atoms with Crippen LogP contribution in [0.5, 0.6) is 0 Å². The Morgan fingerprint density at radius 1 is 1.19 bits per heavy atom. The lowest BCUT2D eigenvalue weighted by atomic mass is 9.76. The molecule has 1 aliphatic heterocycles. The highest BCUT2D eigenvalue weighted by Gasteiger charge is 2.40. The van der Waals surface area contributed by atoms with Crippen LogP contribution < -0.4 is 16.5 Å². The van der Waals surface area contributed by atoms with Crippen LogP contribution in [0.15, 0.2) is 53.8 Å². The van der Waals surface area contributed by atoms with Crippen LogP contribution in [0.4, 0.5) is 11.5 Å². The van der Waals surface area contributed by atoms with Crippen molar-refractivity contribution in [3.8, 4) is 0 Å². The number of nitrogens with two attached hydrogens (primary N) is 2. The average molecular weight is 489 g/mol. The molecule has 0 spiro atoms. The number of anilines is 2. The highest BCUT2D eigenvalue weighted by Crippen LogP contribution is 2.40. The smallest absolute Gasteiger partial charge is 0.165 e. The molecule has 0 amide bonds. The summed E-state index contributed by atoms with van der Waals surface area (Å²) in [5, 5.41) is 19.2. The van der Waals surface area contributed by atoms with E-state index in [9.17, 15) is 0 Å². The number of benzene rings is 1. The van der Waals surface area contributed by atoms with Crippen LogP contribution in [0, 0.1) is 5.41 Å². The van der Waals surface area contributed by atoms with E-state index in [-0.39, 0.29) is 11.8 Å². The number of nitrogen functional groups attached to an aromatic ring is 1. The number of para-hydroxylation sites is 1. The van der Waals surface area contributed by atoms with E-state index in [1.807, 2.05) is 47.6 Å². The van der Waals surface area contributed by atoms with E-state index >= 15 is 0 Å². The number of aromatic nitrogens is 3. The molecule has 10 nitrogen and oxygen atoms in total. The Balaban J connectivity index is 1.36. The predicted molar refractivity (Wildman–Crippen MR) is 141 cm³/mol. The van der Waals surface area contributed by atoms with Crippen LogP contribution in [0.1, 0.15) is 42.9 Å². The summed E-state index contributed by atoms with van der Waals surface area (Å²) in [6.45, 7) is 1.54. The third-order valence-electron chi connectivity index (χ3n) is 7.07. The quantitative estimate of drug-likeness (QED) is 0.251. The fourth-order valence-corrected chi connectivity index (χ4v) is 4.98. The Morgan fingerprint density at radius 3 is 2.64 bits per heavy atom. The molecule has 2 aliphatic rings. The van der Waals surface area contributed by atoms with E-state index in [4.69, 9.17) is 31.3 Å². The molecule has 1 aromatic carbocycles. The topological polar surface area (TPSA) is 140 Å². The molecule has 3 heterocycles. The zero-order chi connectivity index (χ0) is 25.1. The van der Waals surface area contributed by atoms with Crippen molar-refractivity contribution >= 4 is 34.8 Å². The second-order valence-corrected chi connectivity index (χ2v) is 9.24. The molecule has 5 rings (SSSR count). The Bertz CT molecular complexity index is 1290. The van der Waals surface area contributed by atoms with Gasteiger partial charge in [0, 0.05) is 35.9 Å². The van der Waals surface area contributed by atoms with E-state index in [1.165, 1.54) is 0 Å². The minimum Gasteiger partial charge on any atom is -0.385 e. The molecule has 1 aliphatic carbocycles. The van der Waals surface area contributed by atoms with Gasteiger partial charge in [-0.25, -0.2) is 4.98 Å². The molecule has 0 radical (unpaired) electrons. The number of rotatable bonds is 8. The maximum atomic E-state index is 8.12. The molecule has 2 aromatic heterocycles. The molecule has 1 fully saturated rings. The highest BCUT2D eigenvalue weighted by atomic mass is 16.5. The summed E-state index contributed by atoms with van der Waals surface area (Å²) in [7, 11) is 1.63. The third kappa shape index (κ3) is 4.57. The molecular weight excluding hydrogens is 456 g/mol. The largest absolute Gasteiger partial charge is 0.385 e. The number of nitrogens with zero attached hydrogens (tertiary/aromatic N) is 5. The number of allylic oxidation sites excluding steroid dienone is 1. The van der Waals surface area contributed by atoms with Crippen LogP contribution in [0.3, 0.4) is 0 Å². The van der Waals surface area contributed by atoms with E-state index in [1.54, 1.807) is 17.8 Å². The van der Waals surface area contributed by atoms with Crippen molar-refractivity contribution < 1.29 is 9.47 Å². The zero-order valence-corrected chi connectivity index (χ0v) is 20.4. The first kappa shape index (κ1) is 24.0. The molecule has 188 valence electrons. The molecule has 10 heteroatoms. The lowest BCUT2D eigenvalue weighted by Gasteiger charge is -2.39. The maximum absolute atomic E-state index is 8.12. The van der Waals surface area contributed by atoms with E-state index in [0.717, 1.165) is 41.0 Å². The first-order chi connectivity index (χ1) is 17.5. The fourth-order valence-electron chi connectivity index (χ4n) is 4.98. The number of hydrogen-bond acceptors (Lipinski definition) is 8. The van der Waals surface area contributed by atoms with Crippen molar-refractivity contribution in [1.82, 2.24) is 14.6 Å². The van der Waals surface area contributed by atoms with Gasteiger partial charge in [0.15, 0.2) is 5.65 Å². The Hall–Kier alpha value is -3.76. The standard InChI is InChI=1S/C26H32N8O2/c1-35-13-14-36-26(25(28)29)10-7-18(8-11-26)22-15-23(27)34-24(32-22)21(17-31-34)19-9-12-33(30-16-19)20-5-3-2-4-6-20/h2-6,9,15-18H,7-8,10-14,27H2,1H3,(H3,28,29). The van der Waals surface area contributed by atoms with Gasteiger partial charge in [-0.2, -0.15) is 14.7 Å². The lowest BCUT2D eigenvalue weighted by molar-refractivity contribution is -0.0424. The molecule has 0 atom stereocenters. The first-order valence-electron chi connectivity index (χ1n) is 12.2. The van der Waals surface area contributed by atoms with Crippen molar-refractivity contribution in [1.29, 1.82) is 5.41 Å². The lowest BCUT2D eigenvalue weighted by Crippen LogP contribution is -2.48. The Labute approximate surface area is 210 Å². The SMILES string of the molecule is COCCOC1(C(=N)N)CCC(c2cc(N)n3ncc(C4=CCN(c5ccccc5)N=C4)c3n2)CC1. The van der Waals surface area contributed by atoms with Gasteiger partial charge in [-0.3, -0.25) is 10.4 Å². The van der Waals surface area contributed by atoms with Crippen molar-refractivity contribution in [2.24, 2.45) is 10.8 Å². The van der Waals surface area contributed by atoms with Gasteiger partial charge in [0.05, 0.1) is 37.9 Å². The number of hydrazone groups is 1. The average Bonchev–Trinajstić information content (AvgIpc) is 3.34. The second kappa shape index (κ2) is 10.1. The minimum atomic E-state index is -0.736. The van der Waals surface area contributed by atoms with Crippen LogP contribution in [0.25, 0.3) is 11.2 Å². The summed E-state index contributed by atoms with van der Waals surface area (Å²) in [6.07, 6.45) is 8.68. The number of ether oxygens (including phenoxy) is 2. The summed E-state index contributed by atoms with van der Waals surface area (Å²) in [4.78, 5) is 5.00. The predicted octanol–water partition coefficient (Wildman–Crippen LogP) is 3.20. The van der Waals surface area contributed by atoms with Crippen LogP contribution in [-0.4, -0.2) is 59.1 Å². The Morgan fingerprint density at radius 2 is 1.97 bits per heavy atom. The van der Waals surface area contributed by atoms with Gasteiger partial charge in [0.2, 0.25) is 0 Å². The van der Waals surface area contributed by atoms with Crippen LogP contribution in [-0.2, 0) is 9.47 Å². The van der Waals surface area contributed by atoms with Crippen LogP contribution >= 0.6 is 0 Å². The van der Waals surface area contributed by atoms with Gasteiger partial charge in [0.25, 0.3) is 0 Å². The molecule has 0 saturated heterocycles. The van der Waals surface area contributed by atoms with E-state index in [0.29, 0.717) is 38.4 Å². The van der Waals surface area contributed by atoms with Gasteiger partial charge < -0.3 is 20.9 Å². The number of nitrogens with one attached hydrogen (secondary N) is 1. The molecule has 0 bridgehead atoms. The maximum Gasteiger partial charge on any atom is 0.165 e. The molecule has 0 unspecified atom stereocenters. The van der Waals surface area contributed by atoms with Crippen molar-refractivity contribution in [3.05, 3.63) is 59.9 Å². The first-order valence-corrected chi connectivity index (χ1v) is 12.2. The van der Waals surface area contributed by atoms with Gasteiger partial charge in [-0.15, -0.1) is 0 Å². The molecule has 1 saturated carbocycles. The normalized spacial score (nSPS) is 22.1. The van der Waals surface area contributed by atoms with Gasteiger partial charge in [-0.1, -0.05) is 24.3 Å². The summed E-state index contributed by atoms with van der Waals surface area (Å²) in [6, 6.07) is 12.0. The van der Waals surface area contributed by atoms with Crippen molar-refractivity contribution in [2.45, 2.75) is 37.2 Å². The van der Waals surface area contributed by atoms with E-state index in [2.05, 4.69) is 16.3 Å². The number of hydrogen-bond donors (Lipinski definition) is 3. The van der Waals surface area contributed by atoms with E-state index < -0.39 is 5.60 Å². The van der Waals surface area contributed by atoms with Gasteiger partial charge in [-0.05, 0) is 37.8 Å². The minimum absolute atomic E-state index is 0.0751. The summed E-state index contributed by atoms with van der Waals surface area (Å²) < 4.78 is 12.8. The molecule has 36 heavy (non-hydrogen) atoms. The monoisotopic (exact) mass is 488 g/mol. The summed E-state index contributed by atoms with van der Waals surface area (Å²) in [5.41, 5.74) is 16.2. The van der Waals surface area contributed by atoms with Gasteiger partial charge in [0.1, 0.15) is 17.3 Å². The molecular formula is C26H32N8O2. The number of methoxy groups -OCH3 is 1. The third-order valence-corrected chi connectivity index (χ3v) is 7.07. The summed E-state index contributed by atoms with van der Waals surface area (Å²) >= 11 is 0. The molecule has 3 aromatic rings. The highest BCUT2D eigenvalue weighted by molar-refractivity contribution is 6.13. The fraction of sp³-hybridized carbons (Fsp3) is 0.385. The number of fused-ring (bicyclic) bond motifs is 1.